The molecule has 26 heavy (non-hydrogen) atoms. The third-order valence-corrected chi connectivity index (χ3v) is 3.88. The number of aliphatic carboxylic acids is 1. The van der Waals surface area contributed by atoms with Crippen LogP contribution in [0.1, 0.15) is 18.1 Å². The molecule has 0 atom stereocenters. The van der Waals surface area contributed by atoms with Crippen LogP contribution in [0.4, 0.5) is 0 Å². The maximum Gasteiger partial charge on any atom is 0.307 e. The molecule has 2 rings (SSSR count). The van der Waals surface area contributed by atoms with Crippen LogP contribution in [0.25, 0.3) is 11.1 Å². The highest BCUT2D eigenvalue weighted by molar-refractivity contribution is 5.82. The Balaban J connectivity index is 2.72. The summed E-state index contributed by atoms with van der Waals surface area (Å²) in [7, 11) is 3.06. The minimum absolute atomic E-state index is 0.0432. The number of benzene rings is 2. The molecular formula is C20H24O6. The Morgan fingerprint density at radius 2 is 1.58 bits per heavy atom. The standard InChI is InChI=1S/C20H24O6/c1-4-15-16(10-19(21)22)20(14-8-6-5-7-9-14)18(26-13-24-3)11-17(15)25-12-23-2/h5-9,11H,4,10,12-13H2,1-3H3,(H,21,22). The Morgan fingerprint density at radius 1 is 0.962 bits per heavy atom. The van der Waals surface area contributed by atoms with Gasteiger partial charge >= 0.3 is 5.97 Å². The number of hydrogen-bond donors (Lipinski definition) is 1. The van der Waals surface area contributed by atoms with E-state index in [-0.39, 0.29) is 20.0 Å². The Hall–Kier alpha value is -2.57. The van der Waals surface area contributed by atoms with E-state index in [0.29, 0.717) is 23.5 Å². The first kappa shape index (κ1) is 19.8. The molecule has 0 heterocycles. The van der Waals surface area contributed by atoms with Crippen LogP contribution in [0.5, 0.6) is 11.5 Å². The van der Waals surface area contributed by atoms with Crippen molar-refractivity contribution in [3.8, 4) is 22.6 Å². The van der Waals surface area contributed by atoms with Crippen molar-refractivity contribution >= 4 is 5.97 Å². The van der Waals surface area contributed by atoms with Crippen molar-refractivity contribution in [1.29, 1.82) is 0 Å². The third-order valence-electron chi connectivity index (χ3n) is 3.88. The van der Waals surface area contributed by atoms with Gasteiger partial charge in [-0.1, -0.05) is 37.3 Å². The smallest absolute Gasteiger partial charge is 0.307 e. The van der Waals surface area contributed by atoms with Gasteiger partial charge in [0, 0.05) is 25.8 Å². The summed E-state index contributed by atoms with van der Waals surface area (Å²) in [5.41, 5.74) is 3.12. The molecule has 0 aromatic heterocycles. The van der Waals surface area contributed by atoms with Gasteiger partial charge in [-0.05, 0) is 23.1 Å². The summed E-state index contributed by atoms with van der Waals surface area (Å²) in [6.07, 6.45) is 0.479. The van der Waals surface area contributed by atoms with Crippen LogP contribution in [0.3, 0.4) is 0 Å². The Labute approximate surface area is 153 Å². The van der Waals surface area contributed by atoms with Gasteiger partial charge in [-0.2, -0.15) is 0 Å². The van der Waals surface area contributed by atoms with Gasteiger partial charge in [0.15, 0.2) is 13.6 Å². The van der Waals surface area contributed by atoms with Gasteiger partial charge in [-0.3, -0.25) is 4.79 Å². The number of methoxy groups -OCH3 is 2. The van der Waals surface area contributed by atoms with E-state index in [1.165, 1.54) is 14.2 Å². The molecule has 140 valence electrons. The van der Waals surface area contributed by atoms with Crippen LogP contribution < -0.4 is 9.47 Å². The lowest BCUT2D eigenvalue weighted by atomic mass is 9.90. The predicted octanol–water partition coefficient (Wildman–Crippen LogP) is 3.51. The van der Waals surface area contributed by atoms with Crippen LogP contribution in [-0.4, -0.2) is 38.9 Å². The Morgan fingerprint density at radius 3 is 2.12 bits per heavy atom. The van der Waals surface area contributed by atoms with E-state index in [1.807, 2.05) is 37.3 Å². The van der Waals surface area contributed by atoms with E-state index in [1.54, 1.807) is 6.07 Å². The van der Waals surface area contributed by atoms with Gasteiger partial charge < -0.3 is 24.1 Å². The number of carbonyl (C=O) groups is 1. The molecule has 0 aliphatic carbocycles. The Bertz CT molecular complexity index is 727. The molecule has 2 aromatic rings. The van der Waals surface area contributed by atoms with Crippen molar-refractivity contribution in [2.75, 3.05) is 27.8 Å². The lowest BCUT2D eigenvalue weighted by Crippen LogP contribution is -2.11. The predicted molar refractivity (Wildman–Crippen MR) is 97.6 cm³/mol. The van der Waals surface area contributed by atoms with E-state index in [9.17, 15) is 9.90 Å². The fourth-order valence-electron chi connectivity index (χ4n) is 2.87. The number of hydrogen-bond acceptors (Lipinski definition) is 5. The summed E-state index contributed by atoms with van der Waals surface area (Å²) < 4.78 is 21.5. The minimum Gasteiger partial charge on any atom is -0.481 e. The number of carboxylic acids is 1. The zero-order chi connectivity index (χ0) is 18.9. The molecule has 6 nitrogen and oxygen atoms in total. The first-order valence-corrected chi connectivity index (χ1v) is 8.31. The molecule has 0 radical (unpaired) electrons. The lowest BCUT2D eigenvalue weighted by molar-refractivity contribution is -0.136. The SMILES string of the molecule is CCc1c(OCOC)cc(OCOC)c(-c2ccccc2)c1CC(=O)O. The summed E-state index contributed by atoms with van der Waals surface area (Å²) >= 11 is 0. The van der Waals surface area contributed by atoms with E-state index in [2.05, 4.69) is 0 Å². The van der Waals surface area contributed by atoms with E-state index >= 15 is 0 Å². The second-order valence-corrected chi connectivity index (χ2v) is 5.60. The summed E-state index contributed by atoms with van der Waals surface area (Å²) in [6.45, 7) is 2.07. The second-order valence-electron chi connectivity index (χ2n) is 5.60. The summed E-state index contributed by atoms with van der Waals surface area (Å²) in [5.74, 6) is 0.146. The highest BCUT2D eigenvalue weighted by Gasteiger charge is 2.22. The first-order valence-electron chi connectivity index (χ1n) is 8.31. The first-order chi connectivity index (χ1) is 12.6. The molecule has 0 saturated carbocycles. The number of ether oxygens (including phenoxy) is 4. The van der Waals surface area contributed by atoms with Crippen LogP contribution in [0, 0.1) is 0 Å². The quantitative estimate of drug-likeness (QED) is 0.654. The lowest BCUT2D eigenvalue weighted by Gasteiger charge is -2.21. The molecular weight excluding hydrogens is 336 g/mol. The molecule has 0 aliphatic rings. The zero-order valence-electron chi connectivity index (χ0n) is 15.3. The summed E-state index contributed by atoms with van der Waals surface area (Å²) in [6, 6.07) is 11.3. The second kappa shape index (κ2) is 9.79. The normalized spacial score (nSPS) is 10.6. The van der Waals surface area contributed by atoms with E-state index < -0.39 is 5.97 Å². The molecule has 2 aromatic carbocycles. The van der Waals surface area contributed by atoms with Gasteiger partial charge in [-0.15, -0.1) is 0 Å². The van der Waals surface area contributed by atoms with Crippen LogP contribution in [0.15, 0.2) is 36.4 Å². The van der Waals surface area contributed by atoms with E-state index in [4.69, 9.17) is 18.9 Å². The third kappa shape index (κ3) is 4.74. The molecule has 6 heteroatoms. The van der Waals surface area contributed by atoms with Crippen molar-refractivity contribution < 1.29 is 28.8 Å². The number of rotatable bonds is 10. The summed E-state index contributed by atoms with van der Waals surface area (Å²) in [5, 5.41) is 9.46. The largest absolute Gasteiger partial charge is 0.481 e. The molecule has 0 spiro atoms. The van der Waals surface area contributed by atoms with Crippen molar-refractivity contribution in [2.45, 2.75) is 19.8 Å². The molecule has 0 amide bonds. The zero-order valence-corrected chi connectivity index (χ0v) is 15.3. The van der Waals surface area contributed by atoms with Crippen LogP contribution >= 0.6 is 0 Å². The molecule has 1 N–H and O–H groups in total. The molecule has 0 fully saturated rings. The average Bonchev–Trinajstić information content (AvgIpc) is 2.64. The van der Waals surface area contributed by atoms with Gasteiger partial charge in [0.05, 0.1) is 6.42 Å². The van der Waals surface area contributed by atoms with Crippen LogP contribution in [-0.2, 0) is 27.1 Å². The van der Waals surface area contributed by atoms with Crippen molar-refractivity contribution in [3.05, 3.63) is 47.5 Å². The average molecular weight is 360 g/mol. The fraction of sp³-hybridized carbons (Fsp3) is 0.350. The fourth-order valence-corrected chi connectivity index (χ4v) is 2.87. The van der Waals surface area contributed by atoms with Gasteiger partial charge in [0.1, 0.15) is 11.5 Å². The molecule has 0 unspecified atom stereocenters. The van der Waals surface area contributed by atoms with Gasteiger partial charge in [-0.25, -0.2) is 0 Å². The van der Waals surface area contributed by atoms with E-state index in [0.717, 1.165) is 16.7 Å². The Kier molecular flexibility index (Phi) is 7.44. The van der Waals surface area contributed by atoms with Crippen molar-refractivity contribution in [1.82, 2.24) is 0 Å². The molecule has 0 aliphatic heterocycles. The topological polar surface area (TPSA) is 74.2 Å². The van der Waals surface area contributed by atoms with Crippen molar-refractivity contribution in [2.24, 2.45) is 0 Å². The maximum absolute atomic E-state index is 11.5. The van der Waals surface area contributed by atoms with Gasteiger partial charge in [0.2, 0.25) is 0 Å². The van der Waals surface area contributed by atoms with Gasteiger partial charge in [0.25, 0.3) is 0 Å². The maximum atomic E-state index is 11.5. The highest BCUT2D eigenvalue weighted by Crippen LogP contribution is 2.41. The molecule has 0 saturated heterocycles. The number of carboxylic acid groups (broad SMARTS) is 1. The summed E-state index contributed by atoms with van der Waals surface area (Å²) in [4.78, 5) is 11.5. The van der Waals surface area contributed by atoms with Crippen LogP contribution in [0.2, 0.25) is 0 Å². The van der Waals surface area contributed by atoms with Crippen molar-refractivity contribution in [3.63, 3.8) is 0 Å². The highest BCUT2D eigenvalue weighted by atomic mass is 16.7. The monoisotopic (exact) mass is 360 g/mol. The minimum atomic E-state index is -0.918. The molecule has 0 bridgehead atoms.